The summed E-state index contributed by atoms with van der Waals surface area (Å²) in [5, 5.41) is 21.8. The van der Waals surface area contributed by atoms with Gasteiger partial charge in [-0.2, -0.15) is 9.61 Å². The van der Waals surface area contributed by atoms with Gasteiger partial charge in [-0.1, -0.05) is 13.8 Å². The van der Waals surface area contributed by atoms with Crippen molar-refractivity contribution in [1.29, 1.82) is 0 Å². The van der Waals surface area contributed by atoms with Gasteiger partial charge in [0.05, 0.1) is 11.4 Å². The highest BCUT2D eigenvalue weighted by Crippen LogP contribution is 2.47. The second-order valence-electron chi connectivity index (χ2n) is 16.2. The smallest absolute Gasteiger partial charge is 0.244 e. The van der Waals surface area contributed by atoms with Gasteiger partial charge in [-0.15, -0.1) is 20.4 Å². The molecule has 59 heavy (non-hydrogen) atoms. The number of aryl methyl sites for hydroxylation is 2. The third-order valence-electron chi connectivity index (χ3n) is 11.8. The Kier molecular flexibility index (Phi) is 8.61. The van der Waals surface area contributed by atoms with Crippen LogP contribution >= 0.6 is 0 Å². The summed E-state index contributed by atoms with van der Waals surface area (Å²) < 4.78 is 61.8. The molecule has 2 aliphatic heterocycles. The summed E-state index contributed by atoms with van der Waals surface area (Å²) >= 11 is 0. The van der Waals surface area contributed by atoms with Crippen molar-refractivity contribution in [1.82, 2.24) is 54.5 Å². The lowest BCUT2D eigenvalue weighted by Crippen LogP contribution is -2.35. The fourth-order valence-electron chi connectivity index (χ4n) is 7.82. The molecule has 2 aromatic carbocycles. The van der Waals surface area contributed by atoms with Gasteiger partial charge in [-0.05, 0) is 87.1 Å². The zero-order valence-electron chi connectivity index (χ0n) is 32.2. The molecule has 5 aromatic heterocycles. The fraction of sp³-hybridized carbons (Fsp3) is 0.333. The molecule has 300 valence electrons. The van der Waals surface area contributed by atoms with E-state index in [1.807, 2.05) is 23.6 Å². The Morgan fingerprint density at radius 3 is 1.81 bits per heavy atom. The van der Waals surface area contributed by atoms with Crippen molar-refractivity contribution < 1.29 is 22.4 Å². The lowest BCUT2D eigenvalue weighted by molar-refractivity contribution is -0.125. The van der Waals surface area contributed by atoms with E-state index in [1.165, 1.54) is 24.3 Å². The Balaban J connectivity index is 0.000000143. The highest BCUT2D eigenvalue weighted by molar-refractivity contribution is 5.85. The van der Waals surface area contributed by atoms with E-state index >= 15 is 0 Å². The summed E-state index contributed by atoms with van der Waals surface area (Å²) in [6.07, 6.45) is 7.42. The van der Waals surface area contributed by atoms with Crippen LogP contribution in [0.25, 0.3) is 50.9 Å². The number of benzene rings is 2. The average Bonchev–Trinajstić information content (AvgIpc) is 3.70. The van der Waals surface area contributed by atoms with Crippen molar-refractivity contribution >= 4 is 17.4 Å². The van der Waals surface area contributed by atoms with Crippen LogP contribution < -0.4 is 10.9 Å². The number of fused-ring (bicyclic) bond motifs is 3. The van der Waals surface area contributed by atoms with Gasteiger partial charge in [0.15, 0.2) is 17.3 Å². The van der Waals surface area contributed by atoms with Crippen LogP contribution in [0.3, 0.4) is 0 Å². The number of carbonyl (C=O) groups is 1. The van der Waals surface area contributed by atoms with E-state index in [2.05, 4.69) is 47.7 Å². The number of hydrogen-bond acceptors (Lipinski definition) is 9. The molecule has 0 unspecified atom stereocenters. The number of hydrogen-bond donors (Lipinski definition) is 2. The maximum absolute atomic E-state index is 14.6. The maximum atomic E-state index is 14.6. The number of halogens is 4. The number of amides is 1. The molecule has 2 saturated carbocycles. The van der Waals surface area contributed by atoms with Crippen LogP contribution in [0.4, 0.5) is 23.4 Å². The quantitative estimate of drug-likeness (QED) is 0.119. The third kappa shape index (κ3) is 6.57. The largest absolute Gasteiger partial charge is 0.326 e. The molecule has 0 bridgehead atoms. The summed E-state index contributed by atoms with van der Waals surface area (Å²) in [7, 11) is 0. The van der Waals surface area contributed by atoms with Crippen LogP contribution in [0.1, 0.15) is 69.8 Å². The number of hydrazine groups is 1. The Hall–Kier alpha value is -6.52. The molecule has 11 rings (SSSR count). The second kappa shape index (κ2) is 13.8. The van der Waals surface area contributed by atoms with E-state index < -0.39 is 23.3 Å². The normalized spacial score (nSPS) is 16.6. The first-order valence-electron chi connectivity index (χ1n) is 19.7. The molecule has 17 heteroatoms. The van der Waals surface area contributed by atoms with Gasteiger partial charge in [-0.25, -0.2) is 27.5 Å². The number of nitrogens with zero attached hydrogens (tertiary/aromatic N) is 10. The number of anilines is 1. The summed E-state index contributed by atoms with van der Waals surface area (Å²) in [5.74, 6) is 0.382. The molecule has 0 atom stereocenters. The van der Waals surface area contributed by atoms with Gasteiger partial charge in [0, 0.05) is 60.0 Å². The molecular formula is C42H38F4N12O. The molecule has 4 aliphatic rings. The molecule has 0 spiro atoms. The summed E-state index contributed by atoms with van der Waals surface area (Å²) in [6, 6.07) is 14.2. The molecule has 13 nitrogen and oxygen atoms in total. The Morgan fingerprint density at radius 2 is 1.27 bits per heavy atom. The van der Waals surface area contributed by atoms with E-state index in [0.29, 0.717) is 39.9 Å². The minimum Gasteiger partial charge on any atom is -0.326 e. The maximum Gasteiger partial charge on any atom is 0.244 e. The van der Waals surface area contributed by atoms with Crippen LogP contribution in [0.15, 0.2) is 60.7 Å². The van der Waals surface area contributed by atoms with E-state index in [9.17, 15) is 22.4 Å². The zero-order valence-corrected chi connectivity index (χ0v) is 32.2. The Bertz CT molecular complexity index is 2800. The van der Waals surface area contributed by atoms with E-state index in [-0.39, 0.29) is 27.9 Å². The molecule has 0 radical (unpaired) electrons. The monoisotopic (exact) mass is 802 g/mol. The predicted octanol–water partition coefficient (Wildman–Crippen LogP) is 7.41. The molecular weight excluding hydrogens is 765 g/mol. The second-order valence-corrected chi connectivity index (χ2v) is 16.2. The SMILES string of the molecule is CC1(C(=O)NNc2ccc(-c3c(-c4ccc(F)cc4F)nc4n3CCC4)nn2)CC1.CC1(c2nnc3ccc(-c4c(-c5ccc(F)cc5F)nc5n4CCC5)nn23)CC1. The number of nitrogens with one attached hydrogen (secondary N) is 2. The van der Waals surface area contributed by atoms with Gasteiger partial charge >= 0.3 is 0 Å². The lowest BCUT2D eigenvalue weighted by atomic mass is 10.1. The Labute approximate surface area is 334 Å². The molecule has 2 aliphatic carbocycles. The standard InChI is InChI=1S/C21H20F2N6O.C21H18F2N6/c1-21(8-9-21)20(30)28-27-16-7-6-15(25-26-16)19-18(24-17-3-2-10-29(17)19)13-5-4-12(22)11-14(13)23;1-21(8-9-21)20-26-25-17-7-6-15(27-29(17)20)19-18(24-16-3-2-10-28(16)19)13-5-4-12(22)11-14(13)23/h4-7,11H,2-3,8-10H2,1H3,(H,26,27)(H,28,30);4-7,11H,2-3,8-10H2,1H3. The van der Waals surface area contributed by atoms with Gasteiger partial charge in [0.1, 0.15) is 57.7 Å². The first kappa shape index (κ1) is 36.8. The van der Waals surface area contributed by atoms with Crippen molar-refractivity contribution in [2.24, 2.45) is 5.41 Å². The molecule has 7 aromatic rings. The molecule has 7 heterocycles. The van der Waals surface area contributed by atoms with E-state index in [4.69, 9.17) is 10.1 Å². The highest BCUT2D eigenvalue weighted by Gasteiger charge is 2.45. The molecule has 2 fully saturated rings. The van der Waals surface area contributed by atoms with E-state index in [1.54, 1.807) is 16.6 Å². The van der Waals surface area contributed by atoms with Crippen molar-refractivity contribution in [3.63, 3.8) is 0 Å². The van der Waals surface area contributed by atoms with Crippen LogP contribution in [-0.4, -0.2) is 55.0 Å². The first-order chi connectivity index (χ1) is 28.5. The zero-order chi connectivity index (χ0) is 40.6. The predicted molar refractivity (Wildman–Crippen MR) is 208 cm³/mol. The summed E-state index contributed by atoms with van der Waals surface area (Å²) in [5.41, 5.74) is 9.88. The minimum atomic E-state index is -0.671. The number of imidazole rings is 2. The van der Waals surface area contributed by atoms with Gasteiger partial charge in [0.2, 0.25) is 5.91 Å². The van der Waals surface area contributed by atoms with Crippen molar-refractivity contribution in [2.45, 2.75) is 83.7 Å². The summed E-state index contributed by atoms with van der Waals surface area (Å²) in [4.78, 5) is 21.3. The van der Waals surface area contributed by atoms with Crippen LogP contribution in [0.2, 0.25) is 0 Å². The van der Waals surface area contributed by atoms with Crippen molar-refractivity contribution in [2.75, 3.05) is 5.43 Å². The fourth-order valence-corrected chi connectivity index (χ4v) is 7.82. The highest BCUT2D eigenvalue weighted by atomic mass is 19.1. The Morgan fingerprint density at radius 1 is 0.678 bits per heavy atom. The first-order valence-corrected chi connectivity index (χ1v) is 19.7. The molecule has 1 amide bonds. The average molecular weight is 803 g/mol. The van der Waals surface area contributed by atoms with Crippen LogP contribution in [0, 0.1) is 28.7 Å². The number of carbonyl (C=O) groups excluding carboxylic acids is 1. The topological polar surface area (TPSA) is 146 Å². The third-order valence-corrected chi connectivity index (χ3v) is 11.8. The van der Waals surface area contributed by atoms with Gasteiger partial charge in [0.25, 0.3) is 0 Å². The number of aromatic nitrogens is 10. The van der Waals surface area contributed by atoms with Gasteiger partial charge in [-0.3, -0.25) is 15.6 Å². The van der Waals surface area contributed by atoms with Gasteiger partial charge < -0.3 is 9.13 Å². The minimum absolute atomic E-state index is 0.0102. The van der Waals surface area contributed by atoms with Crippen molar-refractivity contribution in [3.05, 3.63) is 101 Å². The molecule has 0 saturated heterocycles. The van der Waals surface area contributed by atoms with Crippen molar-refractivity contribution in [3.8, 4) is 45.3 Å². The van der Waals surface area contributed by atoms with Crippen LogP contribution in [0.5, 0.6) is 0 Å². The van der Waals surface area contributed by atoms with Crippen LogP contribution in [-0.2, 0) is 36.1 Å². The van der Waals surface area contributed by atoms with E-state index in [0.717, 1.165) is 99.8 Å². The molecule has 2 N–H and O–H groups in total. The lowest BCUT2D eigenvalue weighted by Gasteiger charge is -2.12. The summed E-state index contributed by atoms with van der Waals surface area (Å²) in [6.45, 7) is 5.62. The number of rotatable bonds is 8.